The fraction of sp³-hybridized carbons (Fsp3) is 0. The van der Waals surface area contributed by atoms with Gasteiger partial charge in [-0.1, -0.05) is 35.0 Å². The van der Waals surface area contributed by atoms with Gasteiger partial charge in [-0.05, 0) is 54.6 Å². The number of carbonyl (C=O) groups is 2. The van der Waals surface area contributed by atoms with Gasteiger partial charge < -0.3 is 0 Å². The van der Waals surface area contributed by atoms with Crippen LogP contribution in [0.5, 0.6) is 0 Å². The van der Waals surface area contributed by atoms with Crippen LogP contribution in [0.1, 0.15) is 25.6 Å². The van der Waals surface area contributed by atoms with Crippen molar-refractivity contribution in [2.24, 2.45) is 0 Å². The van der Waals surface area contributed by atoms with Gasteiger partial charge >= 0.3 is 0 Å². The summed E-state index contributed by atoms with van der Waals surface area (Å²) in [5, 5.41) is 1.22. The van der Waals surface area contributed by atoms with E-state index in [-0.39, 0.29) is 5.78 Å². The molecule has 3 rings (SSSR count). The molecule has 0 radical (unpaired) electrons. The Morgan fingerprint density at radius 2 is 1.54 bits per heavy atom. The molecule has 0 saturated carbocycles. The Balaban J connectivity index is 1.96. The van der Waals surface area contributed by atoms with Gasteiger partial charge in [0.1, 0.15) is 0 Å². The number of thiophene rings is 1. The second kappa shape index (κ2) is 7.53. The lowest BCUT2D eigenvalue weighted by Crippen LogP contribution is -2.00. The fourth-order valence-electron chi connectivity index (χ4n) is 2.05. The van der Waals surface area contributed by atoms with Crippen LogP contribution in [-0.4, -0.2) is 12.1 Å². The maximum absolute atomic E-state index is 12.8. The summed E-state index contributed by atoms with van der Waals surface area (Å²) in [5.74, 6) is -0.132. The zero-order chi connectivity index (χ0) is 17.1. The van der Waals surface area contributed by atoms with E-state index in [4.69, 9.17) is 23.2 Å². The molecule has 0 aliphatic carbocycles. The summed E-state index contributed by atoms with van der Waals surface area (Å²) in [5.41, 5.74) is 1.05. The van der Waals surface area contributed by atoms with E-state index >= 15 is 0 Å². The van der Waals surface area contributed by atoms with Crippen LogP contribution in [-0.2, 0) is 0 Å². The fourth-order valence-corrected chi connectivity index (χ4v) is 4.50. The Labute approximate surface area is 157 Å². The number of ketones is 1. The average molecular weight is 393 g/mol. The lowest BCUT2D eigenvalue weighted by atomic mass is 10.1. The van der Waals surface area contributed by atoms with Gasteiger partial charge in [-0.2, -0.15) is 0 Å². The van der Waals surface area contributed by atoms with Crippen molar-refractivity contribution in [2.45, 2.75) is 9.10 Å². The van der Waals surface area contributed by atoms with E-state index in [1.54, 1.807) is 42.5 Å². The zero-order valence-corrected chi connectivity index (χ0v) is 15.3. The second-order valence-electron chi connectivity index (χ2n) is 4.86. The highest BCUT2D eigenvalue weighted by atomic mass is 35.5. The van der Waals surface area contributed by atoms with E-state index < -0.39 is 0 Å². The molecule has 1 aromatic heterocycles. The molecule has 0 spiro atoms. The lowest BCUT2D eigenvalue weighted by molar-refractivity contribution is 0.103. The van der Waals surface area contributed by atoms with Gasteiger partial charge in [-0.15, -0.1) is 11.3 Å². The Morgan fingerprint density at radius 3 is 2.12 bits per heavy atom. The number of hydrogen-bond donors (Lipinski definition) is 0. The third-order valence-corrected chi connectivity index (χ3v) is 5.98. The molecule has 6 heteroatoms. The van der Waals surface area contributed by atoms with Gasteiger partial charge in [0.2, 0.25) is 0 Å². The predicted molar refractivity (Wildman–Crippen MR) is 100 cm³/mol. The van der Waals surface area contributed by atoms with E-state index in [2.05, 4.69) is 0 Å². The van der Waals surface area contributed by atoms with Crippen LogP contribution < -0.4 is 0 Å². The molecule has 2 nitrogen and oxygen atoms in total. The molecule has 2 aromatic carbocycles. The van der Waals surface area contributed by atoms with Crippen molar-refractivity contribution in [3.05, 3.63) is 80.6 Å². The first-order valence-electron chi connectivity index (χ1n) is 6.89. The van der Waals surface area contributed by atoms with Crippen LogP contribution in [0.15, 0.2) is 63.7 Å². The molecule has 0 bridgehead atoms. The number of benzene rings is 2. The Kier molecular flexibility index (Phi) is 5.41. The van der Waals surface area contributed by atoms with E-state index in [9.17, 15) is 9.59 Å². The molecule has 0 fully saturated rings. The van der Waals surface area contributed by atoms with Crippen molar-refractivity contribution >= 4 is 58.4 Å². The van der Waals surface area contributed by atoms with Crippen molar-refractivity contribution in [2.75, 3.05) is 0 Å². The van der Waals surface area contributed by atoms with Crippen molar-refractivity contribution in [3.8, 4) is 0 Å². The predicted octanol–water partition coefficient (Wildman–Crippen LogP) is 6.25. The minimum atomic E-state index is -0.132. The van der Waals surface area contributed by atoms with Gasteiger partial charge in [0.15, 0.2) is 12.1 Å². The normalized spacial score (nSPS) is 10.6. The minimum absolute atomic E-state index is 0.132. The monoisotopic (exact) mass is 392 g/mol. The lowest BCUT2D eigenvalue weighted by Gasteiger charge is -2.04. The molecule has 0 N–H and O–H groups in total. The first kappa shape index (κ1) is 17.2. The largest absolute Gasteiger partial charge is 0.297 e. The highest BCUT2D eigenvalue weighted by Gasteiger charge is 2.18. The smallest absolute Gasteiger partial charge is 0.195 e. The van der Waals surface area contributed by atoms with E-state index in [1.165, 1.54) is 23.1 Å². The molecule has 120 valence electrons. The summed E-state index contributed by atoms with van der Waals surface area (Å²) in [6.07, 6.45) is 0.759. The van der Waals surface area contributed by atoms with Crippen LogP contribution >= 0.6 is 46.3 Å². The van der Waals surface area contributed by atoms with Crippen molar-refractivity contribution < 1.29 is 9.59 Å². The van der Waals surface area contributed by atoms with Gasteiger partial charge in [0.05, 0.1) is 9.09 Å². The summed E-state index contributed by atoms with van der Waals surface area (Å²) in [6, 6.07) is 15.7. The highest BCUT2D eigenvalue weighted by Crippen LogP contribution is 2.38. The van der Waals surface area contributed by atoms with Crippen LogP contribution in [0.4, 0.5) is 0 Å². The third kappa shape index (κ3) is 3.90. The Hall–Kier alpha value is -1.59. The first-order chi connectivity index (χ1) is 11.6. The van der Waals surface area contributed by atoms with Crippen molar-refractivity contribution in [3.63, 3.8) is 0 Å². The summed E-state index contributed by atoms with van der Waals surface area (Å²) in [6.45, 7) is 0. The molecule has 1 heterocycles. The van der Waals surface area contributed by atoms with Crippen LogP contribution in [0.25, 0.3) is 0 Å². The van der Waals surface area contributed by atoms with Crippen LogP contribution in [0, 0.1) is 0 Å². The van der Waals surface area contributed by atoms with Gasteiger partial charge in [-0.3, -0.25) is 9.59 Å². The van der Waals surface area contributed by atoms with Crippen LogP contribution in [0.3, 0.4) is 0 Å². The molecule has 0 aliphatic rings. The minimum Gasteiger partial charge on any atom is -0.297 e. The molecule has 0 unspecified atom stereocenters. The maximum Gasteiger partial charge on any atom is 0.195 e. The summed E-state index contributed by atoms with van der Waals surface area (Å²) >= 11 is 14.5. The molecular weight excluding hydrogens is 383 g/mol. The summed E-state index contributed by atoms with van der Waals surface area (Å²) in [7, 11) is 0. The van der Waals surface area contributed by atoms with E-state index in [0.717, 1.165) is 15.4 Å². The molecule has 0 saturated heterocycles. The van der Waals surface area contributed by atoms with Crippen molar-refractivity contribution in [1.29, 1.82) is 0 Å². The Morgan fingerprint density at radius 1 is 0.958 bits per heavy atom. The standard InChI is InChI=1S/C18H10Cl2O2S2/c19-12-3-1-11(2-4-12)17(22)16-9-15(10-21)24-18(16)23-14-7-5-13(20)6-8-14/h1-10H. The average Bonchev–Trinajstić information content (AvgIpc) is 3.00. The molecule has 0 aliphatic heterocycles. The second-order valence-corrected chi connectivity index (χ2v) is 8.16. The molecule has 24 heavy (non-hydrogen) atoms. The van der Waals surface area contributed by atoms with Crippen LogP contribution in [0.2, 0.25) is 10.0 Å². The summed E-state index contributed by atoms with van der Waals surface area (Å²) in [4.78, 5) is 25.4. The van der Waals surface area contributed by atoms with Gasteiger partial charge in [-0.25, -0.2) is 0 Å². The molecule has 3 aromatic rings. The third-order valence-electron chi connectivity index (χ3n) is 3.21. The number of carbonyl (C=O) groups excluding carboxylic acids is 2. The van der Waals surface area contributed by atoms with Gasteiger partial charge in [0.25, 0.3) is 0 Å². The quantitative estimate of drug-likeness (QED) is 0.380. The Bertz CT molecular complexity index is 884. The first-order valence-corrected chi connectivity index (χ1v) is 9.28. The highest BCUT2D eigenvalue weighted by molar-refractivity contribution is 8.01. The van der Waals surface area contributed by atoms with E-state index in [0.29, 0.717) is 26.0 Å². The maximum atomic E-state index is 12.8. The SMILES string of the molecule is O=Cc1cc(C(=O)c2ccc(Cl)cc2)c(Sc2ccc(Cl)cc2)s1. The molecule has 0 amide bonds. The molecular formula is C18H10Cl2O2S2. The number of rotatable bonds is 5. The topological polar surface area (TPSA) is 34.1 Å². The summed E-state index contributed by atoms with van der Waals surface area (Å²) < 4.78 is 0.777. The van der Waals surface area contributed by atoms with Crippen molar-refractivity contribution in [1.82, 2.24) is 0 Å². The zero-order valence-electron chi connectivity index (χ0n) is 12.2. The number of hydrogen-bond acceptors (Lipinski definition) is 4. The van der Waals surface area contributed by atoms with E-state index in [1.807, 2.05) is 12.1 Å². The number of aldehydes is 1. The molecule has 0 atom stereocenters. The number of halogens is 2. The van der Waals surface area contributed by atoms with Gasteiger partial charge in [0, 0.05) is 26.1 Å².